The maximum atomic E-state index is 15.6. The van der Waals surface area contributed by atoms with E-state index < -0.39 is 66.2 Å². The lowest BCUT2D eigenvalue weighted by Gasteiger charge is -2.32. The maximum absolute atomic E-state index is 15.6. The topological polar surface area (TPSA) is 93.2 Å². The standard InChI is InChI=1S/C34H35F7N4O5/c1-18-29(30-25(35)12-22(48-2)13-26(30)36)24(16-42-31(46)20-4-6-21(7-5-20)50-33(37)38)32(47)45(18)28-15-23(49-3)14-27(43-28)19-8-10-44(11-9-19)17-34(39,40)41/h4-7,12-15,18-19,24,29,33H,8-11,16-17H2,1-3H3,(H,42,46)/t18-,24?,29+/m0/s1. The number of piperidine rings is 1. The molecule has 3 aromatic rings. The highest BCUT2D eigenvalue weighted by molar-refractivity contribution is 6.00. The lowest BCUT2D eigenvalue weighted by Crippen LogP contribution is -2.40. The van der Waals surface area contributed by atoms with E-state index in [-0.39, 0.29) is 48.4 Å². The van der Waals surface area contributed by atoms with Crippen LogP contribution in [0.4, 0.5) is 36.6 Å². The zero-order valence-corrected chi connectivity index (χ0v) is 27.3. The zero-order valence-electron chi connectivity index (χ0n) is 27.3. The highest BCUT2D eigenvalue weighted by Gasteiger charge is 2.50. The van der Waals surface area contributed by atoms with E-state index in [2.05, 4.69) is 10.1 Å². The summed E-state index contributed by atoms with van der Waals surface area (Å²) in [6, 6.07) is 9.03. The second kappa shape index (κ2) is 15.1. The Morgan fingerprint density at radius 2 is 1.56 bits per heavy atom. The third kappa shape index (κ3) is 8.22. The van der Waals surface area contributed by atoms with Crippen molar-refractivity contribution < 1.29 is 54.5 Å². The molecule has 1 N–H and O–H groups in total. The number of likely N-dealkylation sites (tertiary alicyclic amines) is 1. The average Bonchev–Trinajstić information content (AvgIpc) is 3.30. The second-order valence-corrected chi connectivity index (χ2v) is 12.2. The van der Waals surface area contributed by atoms with Crippen LogP contribution in [0.1, 0.15) is 53.2 Å². The van der Waals surface area contributed by atoms with Crippen LogP contribution in [0.15, 0.2) is 48.5 Å². The summed E-state index contributed by atoms with van der Waals surface area (Å²) in [6.45, 7) is -2.50. The van der Waals surface area contributed by atoms with Gasteiger partial charge in [-0.2, -0.15) is 22.0 Å². The van der Waals surface area contributed by atoms with Gasteiger partial charge < -0.3 is 19.5 Å². The summed E-state index contributed by atoms with van der Waals surface area (Å²) in [5.41, 5.74) is 0.142. The van der Waals surface area contributed by atoms with Crippen LogP contribution in [0.2, 0.25) is 0 Å². The number of aromatic nitrogens is 1. The third-order valence-electron chi connectivity index (χ3n) is 9.06. The molecule has 9 nitrogen and oxygen atoms in total. The van der Waals surface area contributed by atoms with Crippen LogP contribution in [0.25, 0.3) is 0 Å². The zero-order chi connectivity index (χ0) is 36.3. The summed E-state index contributed by atoms with van der Waals surface area (Å²) >= 11 is 0. The van der Waals surface area contributed by atoms with Crippen LogP contribution in [-0.4, -0.2) is 80.9 Å². The summed E-state index contributed by atoms with van der Waals surface area (Å²) in [4.78, 5) is 34.6. The predicted octanol–water partition coefficient (Wildman–Crippen LogP) is 6.29. The number of nitrogens with zero attached hydrogens (tertiary/aromatic N) is 3. The molecule has 0 aliphatic carbocycles. The number of carbonyl (C=O) groups is 2. The molecule has 2 fully saturated rings. The number of nitrogens with one attached hydrogen (secondary N) is 1. The summed E-state index contributed by atoms with van der Waals surface area (Å²) < 4.78 is 110. The molecule has 5 rings (SSSR count). The summed E-state index contributed by atoms with van der Waals surface area (Å²) in [5, 5.41) is 2.62. The maximum Gasteiger partial charge on any atom is 0.401 e. The first-order valence-electron chi connectivity index (χ1n) is 15.7. The van der Waals surface area contributed by atoms with Crippen LogP contribution in [0.3, 0.4) is 0 Å². The Bertz CT molecular complexity index is 1660. The number of pyridine rings is 1. The fraction of sp³-hybridized carbons (Fsp3) is 0.441. The van der Waals surface area contributed by atoms with Gasteiger partial charge in [0.2, 0.25) is 5.91 Å². The van der Waals surface area contributed by atoms with Gasteiger partial charge in [-0.15, -0.1) is 0 Å². The van der Waals surface area contributed by atoms with Crippen molar-refractivity contribution in [2.75, 3.05) is 45.3 Å². The number of hydrogen-bond acceptors (Lipinski definition) is 7. The van der Waals surface area contributed by atoms with Gasteiger partial charge in [0, 0.05) is 65.5 Å². The number of ether oxygens (including phenoxy) is 3. The van der Waals surface area contributed by atoms with Gasteiger partial charge in [0.05, 0.1) is 26.7 Å². The summed E-state index contributed by atoms with van der Waals surface area (Å²) in [7, 11) is 2.65. The van der Waals surface area contributed by atoms with Gasteiger partial charge in [0.25, 0.3) is 5.91 Å². The second-order valence-electron chi connectivity index (χ2n) is 12.2. The molecule has 0 radical (unpaired) electrons. The van der Waals surface area contributed by atoms with Crippen LogP contribution >= 0.6 is 0 Å². The molecule has 2 aliphatic heterocycles. The normalized spacial score (nSPS) is 20.3. The summed E-state index contributed by atoms with van der Waals surface area (Å²) in [6.07, 6.45) is -3.59. The molecule has 0 bridgehead atoms. The quantitative estimate of drug-likeness (QED) is 0.234. The van der Waals surface area contributed by atoms with E-state index >= 15 is 8.78 Å². The van der Waals surface area contributed by atoms with Crippen LogP contribution in [0, 0.1) is 17.6 Å². The number of methoxy groups -OCH3 is 2. The molecule has 50 heavy (non-hydrogen) atoms. The highest BCUT2D eigenvalue weighted by Crippen LogP contribution is 2.44. The molecule has 2 saturated heterocycles. The van der Waals surface area contributed by atoms with Gasteiger partial charge in [-0.25, -0.2) is 13.8 Å². The van der Waals surface area contributed by atoms with E-state index in [9.17, 15) is 31.5 Å². The van der Waals surface area contributed by atoms with E-state index in [0.717, 1.165) is 12.1 Å². The fourth-order valence-corrected chi connectivity index (χ4v) is 6.70. The highest BCUT2D eigenvalue weighted by atomic mass is 19.4. The van der Waals surface area contributed by atoms with Gasteiger partial charge >= 0.3 is 12.8 Å². The monoisotopic (exact) mass is 712 g/mol. The average molecular weight is 713 g/mol. The SMILES string of the molecule is COc1cc(C2CCN(CC(F)(F)F)CC2)nc(N2C(=O)C(CNC(=O)c3ccc(OC(F)F)cc3)[C@H](c3c(F)cc(OC)cc3F)[C@@H]2C)c1. The van der Waals surface area contributed by atoms with Crippen molar-refractivity contribution in [1.82, 2.24) is 15.2 Å². The predicted molar refractivity (Wildman–Crippen MR) is 167 cm³/mol. The van der Waals surface area contributed by atoms with Crippen molar-refractivity contribution in [1.29, 1.82) is 0 Å². The van der Waals surface area contributed by atoms with Gasteiger partial charge in [-0.1, -0.05) is 0 Å². The van der Waals surface area contributed by atoms with Crippen molar-refractivity contribution in [2.24, 2.45) is 5.92 Å². The molecule has 0 spiro atoms. The van der Waals surface area contributed by atoms with Gasteiger partial charge in [0.1, 0.15) is 34.7 Å². The van der Waals surface area contributed by atoms with E-state index in [1.54, 1.807) is 13.0 Å². The number of halogens is 7. The van der Waals surface area contributed by atoms with Gasteiger partial charge in [0.15, 0.2) is 0 Å². The lowest BCUT2D eigenvalue weighted by molar-refractivity contribution is -0.148. The van der Waals surface area contributed by atoms with Crippen LogP contribution < -0.4 is 24.4 Å². The van der Waals surface area contributed by atoms with Gasteiger partial charge in [-0.3, -0.25) is 19.4 Å². The van der Waals surface area contributed by atoms with E-state index in [1.807, 2.05) is 0 Å². The van der Waals surface area contributed by atoms with Crippen molar-refractivity contribution in [2.45, 2.75) is 50.4 Å². The number of anilines is 1. The van der Waals surface area contributed by atoms with Crippen molar-refractivity contribution in [3.05, 3.63) is 77.0 Å². The Kier molecular flexibility index (Phi) is 11.1. The first-order valence-corrected chi connectivity index (χ1v) is 15.7. The Balaban J connectivity index is 1.45. The van der Waals surface area contributed by atoms with Crippen LogP contribution in [-0.2, 0) is 4.79 Å². The molecular formula is C34H35F7N4O5. The molecule has 2 amide bonds. The van der Waals surface area contributed by atoms with Crippen molar-refractivity contribution in [3.8, 4) is 17.2 Å². The van der Waals surface area contributed by atoms with E-state index in [0.29, 0.717) is 24.3 Å². The number of rotatable bonds is 11. The number of carbonyl (C=O) groups excluding carboxylic acids is 2. The number of alkyl halides is 5. The molecule has 3 heterocycles. The molecule has 1 aromatic heterocycles. The molecular weight excluding hydrogens is 677 g/mol. The number of benzene rings is 2. The molecule has 2 aliphatic rings. The van der Waals surface area contributed by atoms with Crippen molar-refractivity contribution >= 4 is 17.6 Å². The number of hydrogen-bond donors (Lipinski definition) is 1. The largest absolute Gasteiger partial charge is 0.497 e. The Morgan fingerprint density at radius 1 is 0.960 bits per heavy atom. The fourth-order valence-electron chi connectivity index (χ4n) is 6.70. The molecule has 2 aromatic carbocycles. The Hall–Kier alpha value is -4.60. The third-order valence-corrected chi connectivity index (χ3v) is 9.06. The minimum Gasteiger partial charge on any atom is -0.497 e. The van der Waals surface area contributed by atoms with E-state index in [4.69, 9.17) is 14.5 Å². The minimum absolute atomic E-state index is 0.0562. The first kappa shape index (κ1) is 36.7. The Labute approximate surface area is 283 Å². The molecule has 3 atom stereocenters. The van der Waals surface area contributed by atoms with Gasteiger partial charge in [-0.05, 0) is 57.1 Å². The first-order chi connectivity index (χ1) is 23.7. The van der Waals surface area contributed by atoms with Crippen molar-refractivity contribution in [3.63, 3.8) is 0 Å². The summed E-state index contributed by atoms with van der Waals surface area (Å²) in [5.74, 6) is -5.64. The Morgan fingerprint density at radius 3 is 2.12 bits per heavy atom. The molecule has 1 unspecified atom stereocenters. The van der Waals surface area contributed by atoms with Crippen LogP contribution in [0.5, 0.6) is 17.2 Å². The molecule has 0 saturated carbocycles. The molecule has 16 heteroatoms. The number of amides is 2. The minimum atomic E-state index is -4.33. The molecule has 270 valence electrons. The van der Waals surface area contributed by atoms with E-state index in [1.165, 1.54) is 54.4 Å². The lowest BCUT2D eigenvalue weighted by atomic mass is 9.83. The smallest absolute Gasteiger partial charge is 0.401 e.